The third-order valence-electron chi connectivity index (χ3n) is 8.62. The molecule has 3 aliphatic heterocycles. The molecule has 1 fully saturated rings. The average molecular weight is 605 g/mol. The minimum Gasteiger partial charge on any atom is -0.496 e. The second kappa shape index (κ2) is 9.56. The van der Waals surface area contributed by atoms with E-state index in [1.165, 1.54) is 0 Å². The SMILES string of the molecule is COc1ccc(C(=O)C2C(C(=O)c3ccccc3)C3(C(=O)Nc4ccccc43)C3c4ccccc4C=CN23)cc1Br. The lowest BCUT2D eigenvalue weighted by molar-refractivity contribution is -0.122. The van der Waals surface area contributed by atoms with E-state index in [9.17, 15) is 14.4 Å². The van der Waals surface area contributed by atoms with Gasteiger partial charge in [0.15, 0.2) is 11.6 Å². The summed E-state index contributed by atoms with van der Waals surface area (Å²) in [6.45, 7) is 0. The standard InChI is InChI=1S/C34H25BrN2O4/c1-41-27-16-15-22(19-25(27)35)31(39)29-28(30(38)21-10-3-2-4-11-21)34(24-13-7-8-14-26(24)36-33(34)40)32-23-12-6-5-9-20(23)17-18-37(29)32/h2-19,28-29,32H,1H3,(H,36,40). The van der Waals surface area contributed by atoms with Crippen molar-refractivity contribution >= 4 is 45.2 Å². The molecule has 4 aromatic rings. The lowest BCUT2D eigenvalue weighted by Gasteiger charge is -2.38. The highest BCUT2D eigenvalue weighted by Crippen LogP contribution is 2.62. The second-order valence-corrected chi connectivity index (χ2v) is 11.4. The number of methoxy groups -OCH3 is 1. The molecule has 1 spiro atoms. The van der Waals surface area contributed by atoms with Crippen molar-refractivity contribution in [2.24, 2.45) is 5.92 Å². The van der Waals surface area contributed by atoms with E-state index in [-0.39, 0.29) is 17.5 Å². The number of rotatable bonds is 5. The van der Waals surface area contributed by atoms with Crippen LogP contribution in [0.15, 0.2) is 108 Å². The van der Waals surface area contributed by atoms with E-state index in [0.29, 0.717) is 27.0 Å². The number of halogens is 1. The number of amides is 1. The van der Waals surface area contributed by atoms with E-state index in [0.717, 1.165) is 16.7 Å². The molecule has 4 atom stereocenters. The van der Waals surface area contributed by atoms with E-state index in [4.69, 9.17) is 4.74 Å². The van der Waals surface area contributed by atoms with Crippen molar-refractivity contribution in [2.45, 2.75) is 17.5 Å². The van der Waals surface area contributed by atoms with Gasteiger partial charge in [-0.3, -0.25) is 14.4 Å². The maximum absolute atomic E-state index is 14.7. The lowest BCUT2D eigenvalue weighted by atomic mass is 9.62. The van der Waals surface area contributed by atoms with Crippen LogP contribution in [0.5, 0.6) is 5.75 Å². The predicted molar refractivity (Wildman–Crippen MR) is 160 cm³/mol. The number of nitrogens with one attached hydrogen (secondary N) is 1. The molecule has 7 heteroatoms. The van der Waals surface area contributed by atoms with Gasteiger partial charge >= 0.3 is 0 Å². The number of ether oxygens (including phenoxy) is 1. The first kappa shape index (κ1) is 25.5. The molecular weight excluding hydrogens is 580 g/mol. The maximum Gasteiger partial charge on any atom is 0.238 e. The summed E-state index contributed by atoms with van der Waals surface area (Å²) >= 11 is 3.51. The molecule has 1 saturated heterocycles. The normalized spacial score (nSPS) is 23.5. The van der Waals surface area contributed by atoms with Crippen LogP contribution in [-0.4, -0.2) is 35.5 Å². The van der Waals surface area contributed by atoms with Gasteiger partial charge in [-0.05, 0) is 63.0 Å². The van der Waals surface area contributed by atoms with Crippen LogP contribution < -0.4 is 10.1 Å². The molecule has 3 heterocycles. The fraction of sp³-hybridized carbons (Fsp3) is 0.147. The summed E-state index contributed by atoms with van der Waals surface area (Å²) in [7, 11) is 1.56. The zero-order valence-electron chi connectivity index (χ0n) is 22.1. The summed E-state index contributed by atoms with van der Waals surface area (Å²) in [4.78, 5) is 45.8. The molecule has 202 valence electrons. The van der Waals surface area contributed by atoms with Gasteiger partial charge in [-0.15, -0.1) is 0 Å². The van der Waals surface area contributed by atoms with Crippen LogP contribution in [-0.2, 0) is 10.2 Å². The second-order valence-electron chi connectivity index (χ2n) is 10.5. The molecular formula is C34H25BrN2O4. The van der Waals surface area contributed by atoms with Crippen LogP contribution in [0, 0.1) is 5.92 Å². The number of carbonyl (C=O) groups excluding carboxylic acids is 3. The highest BCUT2D eigenvalue weighted by molar-refractivity contribution is 9.10. The quantitative estimate of drug-likeness (QED) is 0.265. The number of ketones is 2. The number of nitrogens with zero attached hydrogens (tertiary/aromatic N) is 1. The Kier molecular flexibility index (Phi) is 5.94. The van der Waals surface area contributed by atoms with Crippen molar-refractivity contribution in [1.82, 2.24) is 4.90 Å². The van der Waals surface area contributed by atoms with E-state index < -0.39 is 23.4 Å². The number of fused-ring (bicyclic) bond motifs is 6. The van der Waals surface area contributed by atoms with Crippen LogP contribution >= 0.6 is 15.9 Å². The summed E-state index contributed by atoms with van der Waals surface area (Å²) in [5.74, 6) is -1.19. The number of hydrogen-bond acceptors (Lipinski definition) is 5. The molecule has 0 bridgehead atoms. The minimum atomic E-state index is -1.35. The average Bonchev–Trinajstić information content (AvgIpc) is 3.49. The smallest absolute Gasteiger partial charge is 0.238 e. The van der Waals surface area contributed by atoms with E-state index in [1.807, 2.05) is 71.8 Å². The van der Waals surface area contributed by atoms with Crippen molar-refractivity contribution in [2.75, 3.05) is 12.4 Å². The predicted octanol–water partition coefficient (Wildman–Crippen LogP) is 6.44. The fourth-order valence-corrected chi connectivity index (χ4v) is 7.48. The number of carbonyl (C=O) groups is 3. The molecule has 0 aromatic heterocycles. The Morgan fingerprint density at radius 1 is 0.878 bits per heavy atom. The van der Waals surface area contributed by atoms with Gasteiger partial charge in [-0.1, -0.05) is 72.8 Å². The number of Topliss-reactive ketones (excluding diaryl/α,β-unsaturated/α-hetero) is 2. The Balaban J connectivity index is 1.52. The van der Waals surface area contributed by atoms with Gasteiger partial charge in [0.05, 0.1) is 23.5 Å². The lowest BCUT2D eigenvalue weighted by Crippen LogP contribution is -2.49. The van der Waals surface area contributed by atoms with Gasteiger partial charge < -0.3 is 15.0 Å². The van der Waals surface area contributed by atoms with E-state index >= 15 is 0 Å². The number of benzene rings is 4. The van der Waals surface area contributed by atoms with Crippen molar-refractivity contribution in [3.05, 3.63) is 136 Å². The van der Waals surface area contributed by atoms with Gasteiger partial charge in [-0.2, -0.15) is 0 Å². The summed E-state index contributed by atoms with van der Waals surface area (Å²) < 4.78 is 6.02. The molecule has 0 saturated carbocycles. The molecule has 0 aliphatic carbocycles. The highest BCUT2D eigenvalue weighted by atomic mass is 79.9. The molecule has 4 aromatic carbocycles. The first-order valence-electron chi connectivity index (χ1n) is 13.4. The molecule has 1 amide bonds. The molecule has 6 nitrogen and oxygen atoms in total. The largest absolute Gasteiger partial charge is 0.496 e. The summed E-state index contributed by atoms with van der Waals surface area (Å²) in [6, 6.07) is 28.0. The zero-order valence-corrected chi connectivity index (χ0v) is 23.7. The zero-order chi connectivity index (χ0) is 28.3. The third kappa shape index (κ3) is 3.58. The van der Waals surface area contributed by atoms with Crippen LogP contribution in [0.25, 0.3) is 6.08 Å². The van der Waals surface area contributed by atoms with Crippen LogP contribution in [0.1, 0.15) is 43.4 Å². The monoisotopic (exact) mass is 604 g/mol. The molecule has 41 heavy (non-hydrogen) atoms. The summed E-state index contributed by atoms with van der Waals surface area (Å²) in [6.07, 6.45) is 3.83. The van der Waals surface area contributed by atoms with Gasteiger partial charge in [0.2, 0.25) is 5.91 Å². The molecule has 0 radical (unpaired) electrons. The number of hydrogen-bond donors (Lipinski definition) is 1. The maximum atomic E-state index is 14.7. The van der Waals surface area contributed by atoms with Crippen LogP contribution in [0.3, 0.4) is 0 Å². The molecule has 1 N–H and O–H groups in total. The first-order valence-corrected chi connectivity index (χ1v) is 14.2. The molecule has 7 rings (SSSR count). The third-order valence-corrected chi connectivity index (χ3v) is 9.24. The fourth-order valence-electron chi connectivity index (χ4n) is 6.94. The van der Waals surface area contributed by atoms with Gasteiger partial charge in [-0.25, -0.2) is 0 Å². The van der Waals surface area contributed by atoms with Crippen molar-refractivity contribution in [3.63, 3.8) is 0 Å². The van der Waals surface area contributed by atoms with Gasteiger partial charge in [0.25, 0.3) is 0 Å². The van der Waals surface area contributed by atoms with Crippen LogP contribution in [0.4, 0.5) is 5.69 Å². The molecule has 3 aliphatic rings. The van der Waals surface area contributed by atoms with Crippen LogP contribution in [0.2, 0.25) is 0 Å². The molecule has 4 unspecified atom stereocenters. The Bertz CT molecular complexity index is 1770. The van der Waals surface area contributed by atoms with E-state index in [2.05, 4.69) is 21.2 Å². The Hall–Kier alpha value is -4.49. The van der Waals surface area contributed by atoms with Crippen molar-refractivity contribution < 1.29 is 19.1 Å². The summed E-state index contributed by atoms with van der Waals surface area (Å²) in [5, 5.41) is 3.08. The number of anilines is 1. The van der Waals surface area contributed by atoms with Gasteiger partial charge in [0, 0.05) is 23.0 Å². The topological polar surface area (TPSA) is 75.7 Å². The highest BCUT2D eigenvalue weighted by Gasteiger charge is 2.70. The first-order chi connectivity index (χ1) is 20.0. The van der Waals surface area contributed by atoms with Gasteiger partial charge in [0.1, 0.15) is 17.2 Å². The van der Waals surface area contributed by atoms with Crippen molar-refractivity contribution in [3.8, 4) is 5.75 Å². The Morgan fingerprint density at radius 2 is 1.61 bits per heavy atom. The Labute approximate surface area is 245 Å². The summed E-state index contributed by atoms with van der Waals surface area (Å²) in [5.41, 5.74) is 2.77. The van der Waals surface area contributed by atoms with E-state index in [1.54, 1.807) is 49.6 Å². The minimum absolute atomic E-state index is 0.245. The number of para-hydroxylation sites is 1. The van der Waals surface area contributed by atoms with Crippen molar-refractivity contribution in [1.29, 1.82) is 0 Å². The Morgan fingerprint density at radius 3 is 2.39 bits per heavy atom.